The number of hydrazone groups is 1. The summed E-state index contributed by atoms with van der Waals surface area (Å²) in [5, 5.41) is 8.20. The smallest absolute Gasteiger partial charge is 0.271 e. The Labute approximate surface area is 157 Å². The number of aromatic nitrogens is 2. The molecule has 0 fully saturated rings. The van der Waals surface area contributed by atoms with Crippen molar-refractivity contribution in [2.24, 2.45) is 5.10 Å². The number of hydrogen-bond acceptors (Lipinski definition) is 5. The van der Waals surface area contributed by atoms with Crippen molar-refractivity contribution in [3.63, 3.8) is 0 Å². The van der Waals surface area contributed by atoms with Crippen molar-refractivity contribution < 1.29 is 14.3 Å². The minimum Gasteiger partial charge on any atom is -0.497 e. The lowest BCUT2D eigenvalue weighted by atomic mass is 10.1. The van der Waals surface area contributed by atoms with Gasteiger partial charge in [0.2, 0.25) is 0 Å². The van der Waals surface area contributed by atoms with Crippen LogP contribution in [-0.4, -0.2) is 36.1 Å². The number of hydrogen-bond donors (Lipinski definition) is 1. The van der Waals surface area contributed by atoms with Gasteiger partial charge in [0.1, 0.15) is 11.5 Å². The number of nitrogens with zero attached hydrogens (tertiary/aromatic N) is 3. The number of amides is 1. The lowest BCUT2D eigenvalue weighted by Gasteiger charge is -2.07. The molecule has 0 saturated heterocycles. The SMILES string of the molecule is COc1ccc(OC)c(C=NNC(=O)c2cccc(Cn3cccn3)c2)c1. The fraction of sp³-hybridized carbons (Fsp3) is 0.150. The predicted octanol–water partition coefficient (Wildman–Crippen LogP) is 2.71. The molecule has 0 aliphatic rings. The van der Waals surface area contributed by atoms with E-state index in [1.165, 1.54) is 6.21 Å². The van der Waals surface area contributed by atoms with Crippen LogP contribution in [0.15, 0.2) is 66.0 Å². The summed E-state index contributed by atoms with van der Waals surface area (Å²) in [4.78, 5) is 12.4. The van der Waals surface area contributed by atoms with Crippen molar-refractivity contribution in [3.8, 4) is 11.5 Å². The van der Waals surface area contributed by atoms with E-state index < -0.39 is 0 Å². The van der Waals surface area contributed by atoms with Crippen LogP contribution in [0.2, 0.25) is 0 Å². The lowest BCUT2D eigenvalue weighted by Crippen LogP contribution is -2.18. The number of ether oxygens (including phenoxy) is 2. The molecule has 0 radical (unpaired) electrons. The van der Waals surface area contributed by atoms with E-state index in [-0.39, 0.29) is 5.91 Å². The Morgan fingerprint density at radius 2 is 2.07 bits per heavy atom. The van der Waals surface area contributed by atoms with Crippen molar-refractivity contribution in [2.45, 2.75) is 6.54 Å². The van der Waals surface area contributed by atoms with Crippen LogP contribution in [0.25, 0.3) is 0 Å². The molecule has 0 bridgehead atoms. The Balaban J connectivity index is 1.68. The van der Waals surface area contributed by atoms with Crippen LogP contribution >= 0.6 is 0 Å². The van der Waals surface area contributed by atoms with Gasteiger partial charge in [0, 0.05) is 23.5 Å². The van der Waals surface area contributed by atoms with Crippen LogP contribution in [0, 0.1) is 0 Å². The number of rotatable bonds is 7. The molecule has 1 heterocycles. The van der Waals surface area contributed by atoms with E-state index in [2.05, 4.69) is 15.6 Å². The summed E-state index contributed by atoms with van der Waals surface area (Å²) >= 11 is 0. The fourth-order valence-corrected chi connectivity index (χ4v) is 2.56. The van der Waals surface area contributed by atoms with Gasteiger partial charge in [-0.05, 0) is 42.0 Å². The molecule has 7 nitrogen and oxygen atoms in total. The minimum absolute atomic E-state index is 0.296. The second-order valence-corrected chi connectivity index (χ2v) is 5.71. The molecule has 3 rings (SSSR count). The van der Waals surface area contributed by atoms with Crippen LogP contribution in [0.5, 0.6) is 11.5 Å². The number of nitrogens with one attached hydrogen (secondary N) is 1. The zero-order valence-corrected chi connectivity index (χ0v) is 15.1. The monoisotopic (exact) mass is 364 g/mol. The molecule has 0 aliphatic heterocycles. The molecule has 138 valence electrons. The Kier molecular flexibility index (Phi) is 5.84. The Morgan fingerprint density at radius 1 is 1.19 bits per heavy atom. The van der Waals surface area contributed by atoms with E-state index in [9.17, 15) is 4.79 Å². The van der Waals surface area contributed by atoms with Gasteiger partial charge in [0.25, 0.3) is 5.91 Å². The molecular formula is C20H20N4O3. The molecule has 3 aromatic rings. The van der Waals surface area contributed by atoms with Gasteiger partial charge in [-0.25, -0.2) is 5.43 Å². The van der Waals surface area contributed by atoms with Crippen LogP contribution in [0.4, 0.5) is 0 Å². The van der Waals surface area contributed by atoms with Gasteiger partial charge in [-0.2, -0.15) is 10.2 Å². The maximum Gasteiger partial charge on any atom is 0.271 e. The molecule has 0 spiro atoms. The van der Waals surface area contributed by atoms with E-state index in [0.717, 1.165) is 5.56 Å². The normalized spacial score (nSPS) is 10.7. The highest BCUT2D eigenvalue weighted by atomic mass is 16.5. The minimum atomic E-state index is -0.296. The zero-order chi connectivity index (χ0) is 19.1. The van der Waals surface area contributed by atoms with Gasteiger partial charge in [-0.1, -0.05) is 12.1 Å². The van der Waals surface area contributed by atoms with E-state index in [1.54, 1.807) is 49.4 Å². The molecule has 7 heteroatoms. The standard InChI is InChI=1S/C20H20N4O3/c1-26-18-7-8-19(27-2)17(12-18)13-21-23-20(25)16-6-3-5-15(11-16)14-24-10-4-9-22-24/h3-13H,14H2,1-2H3,(H,23,25). The van der Waals surface area contributed by atoms with Crippen molar-refractivity contribution >= 4 is 12.1 Å². The van der Waals surface area contributed by atoms with Gasteiger partial charge in [-0.15, -0.1) is 0 Å². The first-order valence-corrected chi connectivity index (χ1v) is 8.31. The van der Waals surface area contributed by atoms with Crippen LogP contribution in [-0.2, 0) is 6.54 Å². The molecule has 0 unspecified atom stereocenters. The van der Waals surface area contributed by atoms with Gasteiger partial charge in [-0.3, -0.25) is 9.48 Å². The van der Waals surface area contributed by atoms with E-state index in [1.807, 2.05) is 30.5 Å². The van der Waals surface area contributed by atoms with Crippen molar-refractivity contribution in [2.75, 3.05) is 14.2 Å². The first-order valence-electron chi connectivity index (χ1n) is 8.31. The molecule has 2 aromatic carbocycles. The highest BCUT2D eigenvalue weighted by Gasteiger charge is 2.07. The van der Waals surface area contributed by atoms with Crippen LogP contribution in [0.1, 0.15) is 21.5 Å². The number of carbonyl (C=O) groups excluding carboxylic acids is 1. The Hall–Kier alpha value is -3.61. The molecular weight excluding hydrogens is 344 g/mol. The summed E-state index contributed by atoms with van der Waals surface area (Å²) in [6.45, 7) is 0.596. The number of methoxy groups -OCH3 is 2. The molecule has 1 amide bonds. The summed E-state index contributed by atoms with van der Waals surface area (Å²) < 4.78 is 12.3. The van der Waals surface area contributed by atoms with Crippen molar-refractivity contribution in [1.29, 1.82) is 0 Å². The average molecular weight is 364 g/mol. The third kappa shape index (κ3) is 4.72. The average Bonchev–Trinajstić information content (AvgIpc) is 3.21. The Morgan fingerprint density at radius 3 is 2.81 bits per heavy atom. The summed E-state index contributed by atoms with van der Waals surface area (Å²) in [5.74, 6) is 1.01. The van der Waals surface area contributed by atoms with Gasteiger partial charge >= 0.3 is 0 Å². The summed E-state index contributed by atoms with van der Waals surface area (Å²) in [6, 6.07) is 14.5. The highest BCUT2D eigenvalue weighted by Crippen LogP contribution is 2.22. The number of carbonyl (C=O) groups is 1. The van der Waals surface area contributed by atoms with Crippen LogP contribution in [0.3, 0.4) is 0 Å². The highest BCUT2D eigenvalue weighted by molar-refractivity contribution is 5.95. The molecule has 0 aliphatic carbocycles. The van der Waals surface area contributed by atoms with Crippen molar-refractivity contribution in [1.82, 2.24) is 15.2 Å². The summed E-state index contributed by atoms with van der Waals surface area (Å²) in [7, 11) is 3.16. The van der Waals surface area contributed by atoms with Crippen LogP contribution < -0.4 is 14.9 Å². The summed E-state index contributed by atoms with van der Waals surface area (Å²) in [6.07, 6.45) is 5.11. The third-order valence-corrected chi connectivity index (χ3v) is 3.90. The molecule has 0 atom stereocenters. The van der Waals surface area contributed by atoms with Gasteiger partial charge < -0.3 is 9.47 Å². The fourth-order valence-electron chi connectivity index (χ4n) is 2.56. The molecule has 0 saturated carbocycles. The van der Waals surface area contributed by atoms with Gasteiger partial charge in [0.15, 0.2) is 0 Å². The zero-order valence-electron chi connectivity index (χ0n) is 15.1. The Bertz CT molecular complexity index is 936. The van der Waals surface area contributed by atoms with Gasteiger partial charge in [0.05, 0.1) is 27.0 Å². The lowest BCUT2D eigenvalue weighted by molar-refractivity contribution is 0.0955. The summed E-state index contributed by atoms with van der Waals surface area (Å²) in [5.41, 5.74) is 4.73. The maximum atomic E-state index is 12.4. The third-order valence-electron chi connectivity index (χ3n) is 3.90. The topological polar surface area (TPSA) is 77.7 Å². The first-order chi connectivity index (χ1) is 13.2. The van der Waals surface area contributed by atoms with Crippen molar-refractivity contribution in [3.05, 3.63) is 77.6 Å². The van der Waals surface area contributed by atoms with E-state index >= 15 is 0 Å². The number of benzene rings is 2. The molecule has 27 heavy (non-hydrogen) atoms. The van der Waals surface area contributed by atoms with E-state index in [0.29, 0.717) is 29.2 Å². The molecule has 1 aromatic heterocycles. The largest absolute Gasteiger partial charge is 0.497 e. The predicted molar refractivity (Wildman–Crippen MR) is 102 cm³/mol. The first kappa shape index (κ1) is 18.2. The second-order valence-electron chi connectivity index (χ2n) is 5.71. The molecule has 1 N–H and O–H groups in total. The quantitative estimate of drug-likeness (QED) is 0.516. The second kappa shape index (κ2) is 8.66. The van der Waals surface area contributed by atoms with E-state index in [4.69, 9.17) is 9.47 Å². The maximum absolute atomic E-state index is 12.4.